The monoisotopic (exact) mass is 621 g/mol. The molecule has 0 aliphatic heterocycles. The van der Waals surface area contributed by atoms with E-state index in [1.807, 2.05) is 42.5 Å². The van der Waals surface area contributed by atoms with Crippen molar-refractivity contribution in [3.05, 3.63) is 124 Å². The second kappa shape index (κ2) is 14.0. The van der Waals surface area contributed by atoms with Crippen LogP contribution in [0.25, 0.3) is 11.1 Å². The number of hydrogen-bond acceptors (Lipinski definition) is 6. The van der Waals surface area contributed by atoms with Gasteiger partial charge in [0.05, 0.1) is 11.1 Å². The minimum atomic E-state index is -0.715. The fraction of sp³-hybridized carbons (Fsp3) is 0.161. The maximum Gasteiger partial charge on any atom is 0.219 e. The van der Waals surface area contributed by atoms with Crippen LogP contribution in [-0.2, 0) is 24.6 Å². The molecule has 3 aromatic carbocycles. The van der Waals surface area contributed by atoms with Crippen LogP contribution in [0.2, 0.25) is 5.02 Å². The lowest BCUT2D eigenvalue weighted by atomic mass is 10.0. The van der Waals surface area contributed by atoms with Crippen LogP contribution in [0.5, 0.6) is 11.5 Å². The Hall–Kier alpha value is -3.85. The zero-order valence-electron chi connectivity index (χ0n) is 21.6. The average molecular weight is 623 g/mol. The van der Waals surface area contributed by atoms with Crippen LogP contribution >= 0.6 is 27.5 Å². The van der Waals surface area contributed by atoms with Crippen molar-refractivity contribution in [1.29, 1.82) is 0 Å². The number of hydrogen-bond donors (Lipinski definition) is 3. The lowest BCUT2D eigenvalue weighted by Gasteiger charge is -2.19. The van der Waals surface area contributed by atoms with Crippen molar-refractivity contribution in [2.45, 2.75) is 32.2 Å². The number of carbonyl (C=O) groups excluding carboxylic acids is 1. The lowest BCUT2D eigenvalue weighted by molar-refractivity contribution is -0.118. The third kappa shape index (κ3) is 7.85. The fourth-order valence-corrected chi connectivity index (χ4v) is 4.88. The van der Waals surface area contributed by atoms with Crippen LogP contribution < -0.4 is 20.5 Å². The van der Waals surface area contributed by atoms with E-state index in [2.05, 4.69) is 51.0 Å². The molecule has 0 saturated carbocycles. The lowest BCUT2D eigenvalue weighted by Crippen LogP contribution is -2.34. The first-order chi connectivity index (χ1) is 19.3. The minimum absolute atomic E-state index is 0.104. The predicted molar refractivity (Wildman–Crippen MR) is 160 cm³/mol. The van der Waals surface area contributed by atoms with Gasteiger partial charge in [0.25, 0.3) is 0 Å². The molecule has 0 aliphatic rings. The number of aliphatic hydroxyl groups excluding tert-OH is 1. The van der Waals surface area contributed by atoms with Gasteiger partial charge in [-0.2, -0.15) is 0 Å². The molecule has 0 fully saturated rings. The van der Waals surface area contributed by atoms with E-state index in [1.54, 1.807) is 24.5 Å². The predicted octanol–water partition coefficient (Wildman–Crippen LogP) is 6.73. The van der Waals surface area contributed by atoms with Crippen LogP contribution in [0.15, 0.2) is 102 Å². The number of aromatic nitrogens is 1. The molecule has 0 saturated heterocycles. The molecule has 7 nitrogen and oxygen atoms in total. The Morgan fingerprint density at radius 1 is 1.02 bits per heavy atom. The normalized spacial score (nSPS) is 11.6. The Morgan fingerprint density at radius 2 is 1.80 bits per heavy atom. The van der Waals surface area contributed by atoms with Crippen molar-refractivity contribution < 1.29 is 19.4 Å². The van der Waals surface area contributed by atoms with E-state index in [1.165, 1.54) is 0 Å². The van der Waals surface area contributed by atoms with Gasteiger partial charge in [-0.05, 0) is 39.2 Å². The van der Waals surface area contributed by atoms with Gasteiger partial charge in [-0.25, -0.2) is 0 Å². The maximum atomic E-state index is 11.4. The molecular weight excluding hydrogens is 594 g/mol. The molecule has 9 heteroatoms. The van der Waals surface area contributed by atoms with E-state index >= 15 is 0 Å². The summed E-state index contributed by atoms with van der Waals surface area (Å²) < 4.78 is 13.3. The summed E-state index contributed by atoms with van der Waals surface area (Å²) in [5.41, 5.74) is 10.0. The van der Waals surface area contributed by atoms with Gasteiger partial charge >= 0.3 is 0 Å². The molecule has 1 atom stereocenters. The van der Waals surface area contributed by atoms with Crippen molar-refractivity contribution in [3.63, 3.8) is 0 Å². The molecule has 4 aromatic rings. The third-order valence-electron chi connectivity index (χ3n) is 6.13. The molecule has 1 heterocycles. The number of halogens is 2. The number of benzene rings is 3. The molecule has 4 N–H and O–H groups in total. The van der Waals surface area contributed by atoms with Crippen molar-refractivity contribution >= 4 is 33.4 Å². The topological polar surface area (TPSA) is 107 Å². The largest absolute Gasteiger partial charge is 0.511 e. The standard InChI is InChI=1S/C31H29BrClN3O4/c1-20(37)27(14-30(34)38)36-17-24-13-26(33)29(15-28(24)39-18-21-7-6-12-35-16-21)40-19-23-10-5-11-25(31(23)32)22-8-3-2-4-9-22/h2-13,15-16,27,36-37H,1,14,17-19H2,(H2,34,38)/t27-/m0/s1. The van der Waals surface area contributed by atoms with Crippen LogP contribution in [0, 0.1) is 0 Å². The zero-order chi connectivity index (χ0) is 28.5. The second-order valence-corrected chi connectivity index (χ2v) is 10.3. The number of ether oxygens (including phenoxy) is 2. The highest BCUT2D eigenvalue weighted by molar-refractivity contribution is 9.10. The molecule has 0 spiro atoms. The highest BCUT2D eigenvalue weighted by Crippen LogP contribution is 2.36. The van der Waals surface area contributed by atoms with E-state index in [4.69, 9.17) is 26.8 Å². The quantitative estimate of drug-likeness (QED) is 0.143. The van der Waals surface area contributed by atoms with E-state index in [0.29, 0.717) is 22.1 Å². The van der Waals surface area contributed by atoms with Crippen molar-refractivity contribution in [2.75, 3.05) is 0 Å². The summed E-state index contributed by atoms with van der Waals surface area (Å²) in [6, 6.07) is 22.6. The summed E-state index contributed by atoms with van der Waals surface area (Å²) in [5, 5.41) is 13.4. The maximum absolute atomic E-state index is 11.4. The molecule has 0 bridgehead atoms. The van der Waals surface area contributed by atoms with Gasteiger partial charge in [0, 0.05) is 52.6 Å². The van der Waals surface area contributed by atoms with Crippen LogP contribution in [0.1, 0.15) is 23.1 Å². The average Bonchev–Trinajstić information content (AvgIpc) is 2.95. The van der Waals surface area contributed by atoms with Gasteiger partial charge in [0.15, 0.2) is 0 Å². The number of rotatable bonds is 13. The number of amides is 1. The number of primary amides is 1. The molecule has 4 rings (SSSR count). The smallest absolute Gasteiger partial charge is 0.219 e. The molecule has 1 aromatic heterocycles. The van der Waals surface area contributed by atoms with Gasteiger partial charge in [0.1, 0.15) is 30.5 Å². The Labute approximate surface area is 246 Å². The molecule has 1 amide bonds. The van der Waals surface area contributed by atoms with E-state index in [9.17, 15) is 9.90 Å². The van der Waals surface area contributed by atoms with E-state index in [-0.39, 0.29) is 31.9 Å². The molecule has 0 unspecified atom stereocenters. The first-order valence-corrected chi connectivity index (χ1v) is 13.7. The van der Waals surface area contributed by atoms with Crippen LogP contribution in [0.3, 0.4) is 0 Å². The van der Waals surface area contributed by atoms with E-state index < -0.39 is 11.9 Å². The molecular formula is C31H29BrClN3O4. The number of aliphatic hydroxyl groups is 1. The number of nitrogens with zero attached hydrogens (tertiary/aromatic N) is 1. The first kappa shape index (κ1) is 29.1. The van der Waals surface area contributed by atoms with Gasteiger partial charge in [-0.15, -0.1) is 0 Å². The van der Waals surface area contributed by atoms with Crippen LogP contribution in [0.4, 0.5) is 0 Å². The SMILES string of the molecule is C=C(O)[C@H](CC(N)=O)NCc1cc(Cl)c(OCc2cccc(-c3ccccc3)c2Br)cc1OCc1cccnc1. The highest BCUT2D eigenvalue weighted by atomic mass is 79.9. The van der Waals surface area contributed by atoms with Gasteiger partial charge in [-0.3, -0.25) is 9.78 Å². The third-order valence-corrected chi connectivity index (χ3v) is 7.36. The molecule has 0 aliphatic carbocycles. The summed E-state index contributed by atoms with van der Waals surface area (Å²) in [6.07, 6.45) is 3.31. The summed E-state index contributed by atoms with van der Waals surface area (Å²) in [4.78, 5) is 15.6. The molecule has 0 radical (unpaired) electrons. The van der Waals surface area contributed by atoms with Crippen molar-refractivity contribution in [2.24, 2.45) is 5.73 Å². The summed E-state index contributed by atoms with van der Waals surface area (Å²) in [7, 11) is 0. The van der Waals surface area contributed by atoms with Crippen LogP contribution in [-0.4, -0.2) is 22.0 Å². The Balaban J connectivity index is 1.56. The number of carbonyl (C=O) groups is 1. The number of pyridine rings is 1. The van der Waals surface area contributed by atoms with E-state index in [0.717, 1.165) is 26.7 Å². The molecule has 40 heavy (non-hydrogen) atoms. The van der Waals surface area contributed by atoms with Gasteiger partial charge < -0.3 is 25.6 Å². The Bertz CT molecular complexity index is 1470. The summed E-state index contributed by atoms with van der Waals surface area (Å²) in [6.45, 7) is 4.30. The zero-order valence-corrected chi connectivity index (χ0v) is 24.0. The summed E-state index contributed by atoms with van der Waals surface area (Å²) >= 11 is 10.4. The van der Waals surface area contributed by atoms with Gasteiger partial charge in [0.2, 0.25) is 5.91 Å². The molecule has 206 valence electrons. The highest BCUT2D eigenvalue weighted by Gasteiger charge is 2.18. The first-order valence-electron chi connectivity index (χ1n) is 12.5. The van der Waals surface area contributed by atoms with Gasteiger partial charge in [-0.1, -0.05) is 72.8 Å². The second-order valence-electron chi connectivity index (χ2n) is 9.07. The number of nitrogens with one attached hydrogen (secondary N) is 1. The van der Waals surface area contributed by atoms with Crippen molar-refractivity contribution in [3.8, 4) is 22.6 Å². The van der Waals surface area contributed by atoms with Crippen molar-refractivity contribution in [1.82, 2.24) is 10.3 Å². The number of nitrogens with two attached hydrogens (primary N) is 1. The Kier molecular flexibility index (Phi) is 10.2. The minimum Gasteiger partial charge on any atom is -0.511 e. The fourth-order valence-electron chi connectivity index (χ4n) is 4.03. The Morgan fingerprint density at radius 3 is 2.50 bits per heavy atom. The summed E-state index contributed by atoms with van der Waals surface area (Å²) in [5.74, 6) is 0.217.